The average Bonchev–Trinajstić information content (AvgIpc) is 2.90. The highest BCUT2D eigenvalue weighted by atomic mass is 16.6. The smallest absolute Gasteiger partial charge is 0.410 e. The highest BCUT2D eigenvalue weighted by Gasteiger charge is 2.39. The molecular weight excluding hydrogens is 456 g/mol. The minimum Gasteiger partial charge on any atom is -0.410 e. The van der Waals surface area contributed by atoms with Gasteiger partial charge in [-0.3, -0.25) is 14.5 Å². The summed E-state index contributed by atoms with van der Waals surface area (Å²) >= 11 is 0. The van der Waals surface area contributed by atoms with E-state index in [2.05, 4.69) is 10.6 Å². The van der Waals surface area contributed by atoms with Gasteiger partial charge in [0.05, 0.1) is 11.4 Å². The van der Waals surface area contributed by atoms with Crippen molar-refractivity contribution in [1.82, 2.24) is 5.32 Å². The molecule has 1 saturated carbocycles. The van der Waals surface area contributed by atoms with E-state index in [0.29, 0.717) is 28.3 Å². The number of ether oxygens (including phenoxy) is 1. The first kappa shape index (κ1) is 23.6. The van der Waals surface area contributed by atoms with E-state index in [1.807, 2.05) is 24.3 Å². The van der Waals surface area contributed by atoms with Gasteiger partial charge in [-0.2, -0.15) is 0 Å². The quantitative estimate of drug-likeness (QED) is 0.508. The third kappa shape index (κ3) is 4.94. The molecule has 1 atom stereocenters. The summed E-state index contributed by atoms with van der Waals surface area (Å²) in [6, 6.07) is 22.0. The van der Waals surface area contributed by atoms with Crippen molar-refractivity contribution in [3.63, 3.8) is 0 Å². The molecule has 0 bridgehead atoms. The Balaban J connectivity index is 1.45. The molecule has 3 amide bonds. The fourth-order valence-electron chi connectivity index (χ4n) is 4.76. The Bertz CT molecular complexity index is 1260. The van der Waals surface area contributed by atoms with Crippen LogP contribution in [0.5, 0.6) is 5.75 Å². The Kier molecular flexibility index (Phi) is 6.69. The molecule has 36 heavy (non-hydrogen) atoms. The average molecular weight is 485 g/mol. The van der Waals surface area contributed by atoms with Crippen LogP contribution in [0.25, 0.3) is 0 Å². The van der Waals surface area contributed by atoms with Gasteiger partial charge in [0.1, 0.15) is 11.8 Å². The molecule has 0 saturated heterocycles. The predicted molar refractivity (Wildman–Crippen MR) is 137 cm³/mol. The zero-order valence-electron chi connectivity index (χ0n) is 19.7. The van der Waals surface area contributed by atoms with Gasteiger partial charge in [-0.1, -0.05) is 48.5 Å². The van der Waals surface area contributed by atoms with Crippen molar-refractivity contribution in [3.8, 4) is 5.75 Å². The topological polar surface area (TPSA) is 114 Å². The number of fused-ring (bicyclic) bond motifs is 1. The molecule has 0 spiro atoms. The molecule has 0 aromatic heterocycles. The molecule has 4 N–H and O–H groups in total. The minimum atomic E-state index is -0.930. The van der Waals surface area contributed by atoms with E-state index in [4.69, 9.17) is 10.5 Å². The van der Waals surface area contributed by atoms with Gasteiger partial charge in [-0.05, 0) is 61.6 Å². The molecule has 2 aliphatic rings. The number of amides is 3. The molecular formula is C28H28N4O4. The molecule has 1 aliphatic carbocycles. The van der Waals surface area contributed by atoms with Gasteiger partial charge in [0.2, 0.25) is 0 Å². The summed E-state index contributed by atoms with van der Waals surface area (Å²) in [4.78, 5) is 41.0. The first-order valence-electron chi connectivity index (χ1n) is 12.1. The van der Waals surface area contributed by atoms with Crippen LogP contribution in [0, 0.1) is 0 Å². The number of benzene rings is 3. The number of anilines is 2. The molecule has 8 nitrogen and oxygen atoms in total. The van der Waals surface area contributed by atoms with Crippen molar-refractivity contribution >= 4 is 29.3 Å². The molecule has 0 radical (unpaired) electrons. The minimum absolute atomic E-state index is 0.0720. The summed E-state index contributed by atoms with van der Waals surface area (Å²) in [5, 5.41) is 5.94. The van der Waals surface area contributed by atoms with Crippen LogP contribution in [-0.2, 0) is 4.79 Å². The maximum absolute atomic E-state index is 13.4. The van der Waals surface area contributed by atoms with E-state index in [-0.39, 0.29) is 18.0 Å². The molecule has 8 heteroatoms. The number of nitrogens with one attached hydrogen (secondary N) is 2. The zero-order valence-corrected chi connectivity index (χ0v) is 19.7. The lowest BCUT2D eigenvalue weighted by atomic mass is 9.91. The van der Waals surface area contributed by atoms with E-state index >= 15 is 0 Å². The van der Waals surface area contributed by atoms with Crippen molar-refractivity contribution in [2.45, 2.75) is 43.8 Å². The lowest BCUT2D eigenvalue weighted by Crippen LogP contribution is -2.46. The van der Waals surface area contributed by atoms with E-state index in [9.17, 15) is 14.4 Å². The van der Waals surface area contributed by atoms with Crippen LogP contribution in [0.4, 0.5) is 16.2 Å². The van der Waals surface area contributed by atoms with Crippen LogP contribution >= 0.6 is 0 Å². The van der Waals surface area contributed by atoms with Crippen LogP contribution in [0.1, 0.15) is 47.6 Å². The second-order valence-electron chi connectivity index (χ2n) is 9.17. The van der Waals surface area contributed by atoms with Crippen LogP contribution in [0.3, 0.4) is 0 Å². The number of hydrogen-bond donors (Lipinski definition) is 3. The largest absolute Gasteiger partial charge is 0.420 e. The number of para-hydroxylation sites is 1. The normalized spacial score (nSPS) is 21.2. The van der Waals surface area contributed by atoms with Crippen molar-refractivity contribution < 1.29 is 19.1 Å². The van der Waals surface area contributed by atoms with Crippen molar-refractivity contribution in [3.05, 3.63) is 90.0 Å². The number of nitrogens with two attached hydrogens (primary N) is 1. The van der Waals surface area contributed by atoms with E-state index in [1.165, 1.54) is 4.90 Å². The Hall–Kier alpha value is -4.17. The highest BCUT2D eigenvalue weighted by Crippen LogP contribution is 2.39. The van der Waals surface area contributed by atoms with Crippen molar-refractivity contribution in [2.24, 2.45) is 5.73 Å². The lowest BCUT2D eigenvalue weighted by molar-refractivity contribution is -0.117. The first-order valence-corrected chi connectivity index (χ1v) is 12.1. The molecule has 3 aromatic carbocycles. The zero-order chi connectivity index (χ0) is 25.1. The van der Waals surface area contributed by atoms with E-state index in [0.717, 1.165) is 25.7 Å². The Morgan fingerprint density at radius 2 is 1.58 bits per heavy atom. The van der Waals surface area contributed by atoms with Crippen LogP contribution in [-0.4, -0.2) is 30.0 Å². The second kappa shape index (κ2) is 10.2. The number of nitrogens with zero attached hydrogens (tertiary/aromatic N) is 1. The molecule has 3 aromatic rings. The maximum atomic E-state index is 13.4. The van der Waals surface area contributed by atoms with E-state index in [1.54, 1.807) is 54.6 Å². The predicted octanol–water partition coefficient (Wildman–Crippen LogP) is 4.39. The second-order valence-corrected chi connectivity index (χ2v) is 9.17. The Morgan fingerprint density at radius 3 is 2.28 bits per heavy atom. The fourth-order valence-corrected chi connectivity index (χ4v) is 4.76. The number of carbonyl (C=O) groups is 3. The molecule has 1 fully saturated rings. The molecule has 5 rings (SSSR count). The van der Waals surface area contributed by atoms with Gasteiger partial charge >= 0.3 is 6.09 Å². The van der Waals surface area contributed by atoms with Gasteiger partial charge in [0.15, 0.2) is 0 Å². The van der Waals surface area contributed by atoms with Gasteiger partial charge < -0.3 is 21.1 Å². The summed E-state index contributed by atoms with van der Waals surface area (Å²) in [6.07, 6.45) is 2.75. The summed E-state index contributed by atoms with van der Waals surface area (Å²) < 4.78 is 5.62. The molecule has 1 heterocycles. The highest BCUT2D eigenvalue weighted by molar-refractivity contribution is 6.12. The van der Waals surface area contributed by atoms with E-state index < -0.39 is 18.0 Å². The maximum Gasteiger partial charge on any atom is 0.420 e. The molecule has 184 valence electrons. The van der Waals surface area contributed by atoms with Crippen molar-refractivity contribution in [2.75, 3.05) is 10.2 Å². The Morgan fingerprint density at radius 1 is 0.917 bits per heavy atom. The lowest BCUT2D eigenvalue weighted by Gasteiger charge is -2.36. The number of carbonyl (C=O) groups excluding carboxylic acids is 3. The standard InChI is InChI=1S/C28H28N4O4/c29-20-12-14-21(15-13-20)30-26(33)19-11-16-24-23(17-19)31-27(34)25(18-7-3-1-4-8-18)32(24)28(35)36-22-9-5-2-6-10-22/h1-11,16-17,20-21,25H,12-15,29H2,(H,30,33)(H,31,34). The fraction of sp³-hybridized carbons (Fsp3) is 0.250. The van der Waals surface area contributed by atoms with Crippen molar-refractivity contribution in [1.29, 1.82) is 0 Å². The Labute approximate surface area is 209 Å². The van der Waals surface area contributed by atoms with Gasteiger partial charge in [-0.15, -0.1) is 0 Å². The number of rotatable bonds is 4. The van der Waals surface area contributed by atoms with Crippen LogP contribution in [0.15, 0.2) is 78.9 Å². The monoisotopic (exact) mass is 484 g/mol. The van der Waals surface area contributed by atoms with Crippen LogP contribution in [0.2, 0.25) is 0 Å². The third-order valence-corrected chi connectivity index (χ3v) is 6.65. The third-order valence-electron chi connectivity index (χ3n) is 6.65. The molecule has 1 aliphatic heterocycles. The first-order chi connectivity index (χ1) is 17.5. The SMILES string of the molecule is NC1CCC(NC(=O)c2ccc3c(c2)NC(=O)C(c2ccccc2)N3C(=O)Oc2ccccc2)CC1. The summed E-state index contributed by atoms with van der Waals surface area (Å²) in [7, 11) is 0. The van der Waals surface area contributed by atoms with Crippen LogP contribution < -0.4 is 26.0 Å². The summed E-state index contributed by atoms with van der Waals surface area (Å²) in [6.45, 7) is 0. The van der Waals surface area contributed by atoms with Gasteiger partial charge in [0, 0.05) is 17.6 Å². The van der Waals surface area contributed by atoms with Gasteiger partial charge in [-0.25, -0.2) is 4.79 Å². The van der Waals surface area contributed by atoms with Gasteiger partial charge in [0.25, 0.3) is 11.8 Å². The summed E-state index contributed by atoms with van der Waals surface area (Å²) in [5.41, 5.74) is 7.83. The summed E-state index contributed by atoms with van der Waals surface area (Å²) in [5.74, 6) is -0.251. The molecule has 1 unspecified atom stereocenters. The number of hydrogen-bond acceptors (Lipinski definition) is 5.